The van der Waals surface area contributed by atoms with Gasteiger partial charge in [0, 0.05) is 17.1 Å². The van der Waals surface area contributed by atoms with Gasteiger partial charge < -0.3 is 10.3 Å². The van der Waals surface area contributed by atoms with Gasteiger partial charge in [-0.3, -0.25) is 10.1 Å². The van der Waals surface area contributed by atoms with E-state index in [2.05, 4.69) is 29.4 Å². The van der Waals surface area contributed by atoms with E-state index < -0.39 is 17.2 Å². The molecule has 0 aliphatic heterocycles. The summed E-state index contributed by atoms with van der Waals surface area (Å²) in [6.45, 7) is 6.80. The van der Waals surface area contributed by atoms with Crippen molar-refractivity contribution in [1.82, 2.24) is 20.1 Å². The highest BCUT2D eigenvalue weighted by Gasteiger charge is 2.22. The molecule has 1 aromatic carbocycles. The van der Waals surface area contributed by atoms with Gasteiger partial charge in [0.05, 0.1) is 5.25 Å². The predicted octanol–water partition coefficient (Wildman–Crippen LogP) is 4.10. The van der Waals surface area contributed by atoms with Gasteiger partial charge in [0.1, 0.15) is 0 Å². The number of imide groups is 1. The second-order valence-corrected chi connectivity index (χ2v) is 8.53. The van der Waals surface area contributed by atoms with Crippen molar-refractivity contribution in [3.05, 3.63) is 29.3 Å². The average Bonchev–Trinajstić information content (AvgIpc) is 3.02. The van der Waals surface area contributed by atoms with Crippen LogP contribution in [0.25, 0.3) is 11.4 Å². The van der Waals surface area contributed by atoms with E-state index in [0.717, 1.165) is 37.2 Å². The molecule has 2 atom stereocenters. The van der Waals surface area contributed by atoms with Gasteiger partial charge in [-0.05, 0) is 43.5 Å². The van der Waals surface area contributed by atoms with Gasteiger partial charge in [0.25, 0.3) is 0 Å². The van der Waals surface area contributed by atoms with Crippen molar-refractivity contribution < 1.29 is 9.59 Å². The van der Waals surface area contributed by atoms with Crippen LogP contribution < -0.4 is 11.1 Å². The molecule has 0 fully saturated rings. The van der Waals surface area contributed by atoms with Crippen molar-refractivity contribution in [3.8, 4) is 11.4 Å². The SMILES string of the molecule is CCCC[C@H](C)Cn1c(S[C@@H](C)C(=O)NC(N)=O)nnc1-c1ccc(Cl)cc1. The fourth-order valence-electron chi connectivity index (χ4n) is 2.74. The first-order chi connectivity index (χ1) is 13.3. The zero-order valence-electron chi connectivity index (χ0n) is 16.3. The fourth-order valence-corrected chi connectivity index (χ4v) is 3.73. The third-order valence-electron chi connectivity index (χ3n) is 4.26. The van der Waals surface area contributed by atoms with Crippen LogP contribution in [0.1, 0.15) is 40.0 Å². The number of urea groups is 1. The average molecular weight is 424 g/mol. The quantitative estimate of drug-likeness (QED) is 0.591. The number of thioether (sulfide) groups is 1. The molecule has 152 valence electrons. The highest BCUT2D eigenvalue weighted by molar-refractivity contribution is 8.00. The van der Waals surface area contributed by atoms with Crippen LogP contribution in [0.5, 0.6) is 0 Å². The number of carbonyl (C=O) groups excluding carboxylic acids is 2. The van der Waals surface area contributed by atoms with Gasteiger partial charge in [-0.25, -0.2) is 4.79 Å². The number of hydrogen-bond donors (Lipinski definition) is 2. The normalized spacial score (nSPS) is 13.1. The first kappa shape index (κ1) is 22.2. The Morgan fingerprint density at radius 1 is 1.25 bits per heavy atom. The summed E-state index contributed by atoms with van der Waals surface area (Å²) >= 11 is 7.25. The maximum Gasteiger partial charge on any atom is 0.318 e. The molecule has 0 aliphatic carbocycles. The molecule has 3 amide bonds. The number of aromatic nitrogens is 3. The number of hydrogen-bond acceptors (Lipinski definition) is 5. The molecule has 2 rings (SSSR count). The number of nitrogens with zero attached hydrogens (tertiary/aromatic N) is 3. The number of rotatable bonds is 9. The molecule has 0 spiro atoms. The second kappa shape index (κ2) is 10.5. The molecular formula is C19H26ClN5O2S. The summed E-state index contributed by atoms with van der Waals surface area (Å²) in [5, 5.41) is 11.5. The van der Waals surface area contributed by atoms with Crippen LogP contribution in [-0.2, 0) is 11.3 Å². The highest BCUT2D eigenvalue weighted by atomic mass is 35.5. The van der Waals surface area contributed by atoms with E-state index >= 15 is 0 Å². The van der Waals surface area contributed by atoms with Crippen molar-refractivity contribution in [3.63, 3.8) is 0 Å². The van der Waals surface area contributed by atoms with Gasteiger partial charge in [-0.15, -0.1) is 10.2 Å². The highest BCUT2D eigenvalue weighted by Crippen LogP contribution is 2.29. The molecule has 1 aromatic heterocycles. The third-order valence-corrected chi connectivity index (χ3v) is 5.59. The van der Waals surface area contributed by atoms with Gasteiger partial charge in [-0.2, -0.15) is 0 Å². The molecule has 0 radical (unpaired) electrons. The van der Waals surface area contributed by atoms with E-state index in [9.17, 15) is 9.59 Å². The van der Waals surface area contributed by atoms with Crippen molar-refractivity contribution in [2.75, 3.05) is 0 Å². The Kier molecular flexibility index (Phi) is 8.32. The number of halogens is 1. The number of nitrogens with one attached hydrogen (secondary N) is 1. The molecule has 3 N–H and O–H groups in total. The van der Waals surface area contributed by atoms with Crippen molar-refractivity contribution >= 4 is 35.3 Å². The smallest absolute Gasteiger partial charge is 0.318 e. The first-order valence-corrected chi connectivity index (χ1v) is 10.5. The number of benzene rings is 1. The van der Waals surface area contributed by atoms with Crippen LogP contribution in [0.15, 0.2) is 29.4 Å². The minimum atomic E-state index is -0.867. The molecule has 28 heavy (non-hydrogen) atoms. The van der Waals surface area contributed by atoms with Gasteiger partial charge in [0.2, 0.25) is 5.91 Å². The number of carbonyl (C=O) groups is 2. The van der Waals surface area contributed by atoms with E-state index in [1.165, 1.54) is 11.8 Å². The van der Waals surface area contributed by atoms with Crippen LogP contribution >= 0.6 is 23.4 Å². The fraction of sp³-hybridized carbons (Fsp3) is 0.474. The zero-order chi connectivity index (χ0) is 20.7. The Hall–Kier alpha value is -2.06. The second-order valence-electron chi connectivity index (χ2n) is 6.78. The van der Waals surface area contributed by atoms with E-state index in [4.69, 9.17) is 17.3 Å². The van der Waals surface area contributed by atoms with Crippen LogP contribution in [0.4, 0.5) is 4.79 Å². The summed E-state index contributed by atoms with van der Waals surface area (Å²) in [4.78, 5) is 23.0. The number of nitrogens with two attached hydrogens (primary N) is 1. The summed E-state index contributed by atoms with van der Waals surface area (Å²) in [6, 6.07) is 6.56. The minimum Gasteiger partial charge on any atom is -0.351 e. The van der Waals surface area contributed by atoms with Crippen LogP contribution in [-0.4, -0.2) is 32.0 Å². The van der Waals surface area contributed by atoms with E-state index in [0.29, 0.717) is 16.1 Å². The summed E-state index contributed by atoms with van der Waals surface area (Å²) in [7, 11) is 0. The number of primary amides is 1. The van der Waals surface area contributed by atoms with E-state index in [-0.39, 0.29) is 0 Å². The topological polar surface area (TPSA) is 103 Å². The monoisotopic (exact) mass is 423 g/mol. The third kappa shape index (κ3) is 6.24. The maximum atomic E-state index is 12.0. The summed E-state index contributed by atoms with van der Waals surface area (Å²) in [5.74, 6) is 0.695. The number of unbranched alkanes of at least 4 members (excludes halogenated alkanes) is 1. The summed E-state index contributed by atoms with van der Waals surface area (Å²) in [6.07, 6.45) is 3.39. The van der Waals surface area contributed by atoms with Gasteiger partial charge in [0.15, 0.2) is 11.0 Å². The predicted molar refractivity (Wildman–Crippen MR) is 112 cm³/mol. The van der Waals surface area contributed by atoms with E-state index in [1.54, 1.807) is 6.92 Å². The molecule has 0 saturated heterocycles. The Balaban J connectivity index is 2.29. The molecule has 7 nitrogen and oxygen atoms in total. The Morgan fingerprint density at radius 3 is 2.54 bits per heavy atom. The molecule has 0 saturated carbocycles. The Bertz CT molecular complexity index is 809. The van der Waals surface area contributed by atoms with Crippen LogP contribution in [0, 0.1) is 5.92 Å². The lowest BCUT2D eigenvalue weighted by Crippen LogP contribution is -2.39. The lowest BCUT2D eigenvalue weighted by molar-refractivity contribution is -0.119. The van der Waals surface area contributed by atoms with E-state index in [1.807, 2.05) is 28.8 Å². The minimum absolute atomic E-state index is 0.427. The Labute approximate surface area is 174 Å². The molecule has 0 unspecified atom stereocenters. The van der Waals surface area contributed by atoms with Crippen LogP contribution in [0.2, 0.25) is 5.02 Å². The van der Waals surface area contributed by atoms with Crippen LogP contribution in [0.3, 0.4) is 0 Å². The van der Waals surface area contributed by atoms with Gasteiger partial charge in [-0.1, -0.05) is 50.1 Å². The summed E-state index contributed by atoms with van der Waals surface area (Å²) in [5.41, 5.74) is 5.94. The van der Waals surface area contributed by atoms with Crippen molar-refractivity contribution in [2.45, 2.75) is 57.0 Å². The van der Waals surface area contributed by atoms with Crippen molar-refractivity contribution in [2.24, 2.45) is 11.7 Å². The molecular weight excluding hydrogens is 398 g/mol. The Morgan fingerprint density at radius 2 is 1.93 bits per heavy atom. The molecule has 1 heterocycles. The van der Waals surface area contributed by atoms with Crippen molar-refractivity contribution in [1.29, 1.82) is 0 Å². The largest absolute Gasteiger partial charge is 0.351 e. The molecule has 0 aliphatic rings. The molecule has 0 bridgehead atoms. The molecule has 9 heteroatoms. The first-order valence-electron chi connectivity index (χ1n) is 9.27. The standard InChI is InChI=1S/C19H26ClN5O2S/c1-4-5-6-12(2)11-25-16(14-7-9-15(20)10-8-14)23-24-19(25)28-13(3)17(26)22-18(21)27/h7-10,12-13H,4-6,11H2,1-3H3,(H3,21,22,26,27)/t12-,13-/m0/s1. The zero-order valence-corrected chi connectivity index (χ0v) is 17.9. The number of amides is 3. The van der Waals surface area contributed by atoms with Gasteiger partial charge >= 0.3 is 6.03 Å². The maximum absolute atomic E-state index is 12.0. The lowest BCUT2D eigenvalue weighted by Gasteiger charge is -2.17. The molecule has 2 aromatic rings. The lowest BCUT2D eigenvalue weighted by atomic mass is 10.0. The summed E-state index contributed by atoms with van der Waals surface area (Å²) < 4.78 is 2.03.